The lowest BCUT2D eigenvalue weighted by Gasteiger charge is -2.18. The summed E-state index contributed by atoms with van der Waals surface area (Å²) in [5.74, 6) is 0.0579. The van der Waals surface area contributed by atoms with Gasteiger partial charge in [-0.3, -0.25) is 4.57 Å². The van der Waals surface area contributed by atoms with Crippen molar-refractivity contribution in [3.8, 4) is 0 Å². The summed E-state index contributed by atoms with van der Waals surface area (Å²) in [5, 5.41) is 15.2. The second-order valence-corrected chi connectivity index (χ2v) is 5.30. The van der Waals surface area contributed by atoms with E-state index in [0.717, 1.165) is 17.3 Å². The van der Waals surface area contributed by atoms with Crippen LogP contribution in [0.15, 0.2) is 36.7 Å². The Morgan fingerprint density at radius 1 is 1.43 bits per heavy atom. The zero-order valence-electron chi connectivity index (χ0n) is 12.1. The van der Waals surface area contributed by atoms with Crippen LogP contribution in [0.2, 0.25) is 0 Å². The van der Waals surface area contributed by atoms with E-state index < -0.39 is 24.7 Å². The number of aliphatic hydroxyl groups excluding tert-OH is 1. The third-order valence-corrected chi connectivity index (χ3v) is 3.86. The Bertz CT molecular complexity index is 704. The van der Waals surface area contributed by atoms with Crippen LogP contribution in [-0.4, -0.2) is 26.8 Å². The Labute approximate surface area is 131 Å². The number of aliphatic hydroxyl groups is 1. The van der Waals surface area contributed by atoms with Crippen LogP contribution in [0.5, 0.6) is 0 Å². The number of rotatable bonds is 4. The number of amides is 2. The summed E-state index contributed by atoms with van der Waals surface area (Å²) >= 11 is 0. The number of alkyl halides is 2. The first-order chi connectivity index (χ1) is 11.1. The van der Waals surface area contributed by atoms with Crippen LogP contribution in [0, 0.1) is 0 Å². The minimum atomic E-state index is -2.71. The zero-order chi connectivity index (χ0) is 16.4. The molecule has 0 saturated heterocycles. The molecule has 0 saturated carbocycles. The average molecular weight is 322 g/mol. The van der Waals surface area contributed by atoms with Crippen molar-refractivity contribution in [2.45, 2.75) is 31.7 Å². The average Bonchev–Trinajstić information content (AvgIpc) is 3.10. The molecular weight excluding hydrogens is 306 g/mol. The van der Waals surface area contributed by atoms with Gasteiger partial charge in [-0.15, -0.1) is 0 Å². The molecule has 23 heavy (non-hydrogen) atoms. The molecule has 1 heterocycles. The van der Waals surface area contributed by atoms with Crippen LogP contribution in [0.4, 0.5) is 13.6 Å². The van der Waals surface area contributed by atoms with Crippen LogP contribution in [0.25, 0.3) is 0 Å². The second-order valence-electron chi connectivity index (χ2n) is 5.30. The molecule has 0 fully saturated rings. The quantitative estimate of drug-likeness (QED) is 0.802. The van der Waals surface area contributed by atoms with Gasteiger partial charge in [0.25, 0.3) is 0 Å². The van der Waals surface area contributed by atoms with Gasteiger partial charge >= 0.3 is 12.6 Å². The first-order valence-corrected chi connectivity index (χ1v) is 7.16. The molecule has 0 bridgehead atoms. The SMILES string of the molecule is O=C(NCc1nccn1C(F)F)NC1c2ccccc2CC1O. The number of hydrogen-bond acceptors (Lipinski definition) is 3. The lowest BCUT2D eigenvalue weighted by atomic mass is 10.1. The summed E-state index contributed by atoms with van der Waals surface area (Å²) in [6.07, 6.45) is 2.16. The highest BCUT2D eigenvalue weighted by Crippen LogP contribution is 2.31. The van der Waals surface area contributed by atoms with E-state index in [1.807, 2.05) is 24.3 Å². The topological polar surface area (TPSA) is 79.2 Å². The number of benzene rings is 1. The predicted molar refractivity (Wildman–Crippen MR) is 77.7 cm³/mol. The van der Waals surface area contributed by atoms with Crippen molar-refractivity contribution in [1.82, 2.24) is 20.2 Å². The summed E-state index contributed by atoms with van der Waals surface area (Å²) in [6, 6.07) is 6.40. The van der Waals surface area contributed by atoms with Gasteiger partial charge in [0, 0.05) is 18.8 Å². The fourth-order valence-corrected chi connectivity index (χ4v) is 2.76. The van der Waals surface area contributed by atoms with Crippen LogP contribution in [-0.2, 0) is 13.0 Å². The van der Waals surface area contributed by atoms with E-state index in [2.05, 4.69) is 15.6 Å². The smallest absolute Gasteiger partial charge is 0.319 e. The molecule has 8 heteroatoms. The third-order valence-electron chi connectivity index (χ3n) is 3.86. The fourth-order valence-electron chi connectivity index (χ4n) is 2.76. The van der Waals surface area contributed by atoms with Gasteiger partial charge in [-0.2, -0.15) is 8.78 Å². The van der Waals surface area contributed by atoms with Gasteiger partial charge in [0.2, 0.25) is 0 Å². The standard InChI is InChI=1S/C15H16F2N4O2/c16-14(17)21-6-5-18-12(21)8-19-15(23)20-13-10-4-2-1-3-9(10)7-11(13)22/h1-6,11,13-14,22H,7-8H2,(H2,19,20,23). The maximum absolute atomic E-state index is 12.7. The number of aromatic nitrogens is 2. The van der Waals surface area contributed by atoms with Gasteiger partial charge in [0.05, 0.1) is 18.7 Å². The zero-order valence-corrected chi connectivity index (χ0v) is 12.1. The van der Waals surface area contributed by atoms with E-state index >= 15 is 0 Å². The first-order valence-electron chi connectivity index (χ1n) is 7.16. The van der Waals surface area contributed by atoms with E-state index in [1.165, 1.54) is 6.20 Å². The Morgan fingerprint density at radius 3 is 3.00 bits per heavy atom. The first kappa shape index (κ1) is 15.4. The molecule has 3 rings (SSSR count). The molecule has 1 aromatic carbocycles. The van der Waals surface area contributed by atoms with Crippen LogP contribution in [0.1, 0.15) is 29.5 Å². The molecule has 3 N–H and O–H groups in total. The van der Waals surface area contributed by atoms with E-state index in [9.17, 15) is 18.7 Å². The molecule has 6 nitrogen and oxygen atoms in total. The number of urea groups is 1. The molecule has 2 amide bonds. The summed E-state index contributed by atoms with van der Waals surface area (Å²) < 4.78 is 26.1. The molecule has 1 aliphatic carbocycles. The van der Waals surface area contributed by atoms with E-state index in [-0.39, 0.29) is 12.4 Å². The molecule has 2 atom stereocenters. The van der Waals surface area contributed by atoms with E-state index in [4.69, 9.17) is 0 Å². The van der Waals surface area contributed by atoms with Gasteiger partial charge in [-0.05, 0) is 11.1 Å². The van der Waals surface area contributed by atoms with Crippen molar-refractivity contribution in [2.24, 2.45) is 0 Å². The van der Waals surface area contributed by atoms with Gasteiger partial charge in [-0.25, -0.2) is 9.78 Å². The Kier molecular flexibility index (Phi) is 4.24. The highest BCUT2D eigenvalue weighted by molar-refractivity contribution is 5.74. The number of carbonyl (C=O) groups excluding carboxylic acids is 1. The van der Waals surface area contributed by atoms with E-state index in [1.54, 1.807) is 0 Å². The Hall–Kier alpha value is -2.48. The maximum Gasteiger partial charge on any atom is 0.319 e. The molecule has 0 aliphatic heterocycles. The molecule has 122 valence electrons. The van der Waals surface area contributed by atoms with Crippen LogP contribution >= 0.6 is 0 Å². The molecule has 0 radical (unpaired) electrons. The number of hydrogen-bond donors (Lipinski definition) is 3. The lowest BCUT2D eigenvalue weighted by molar-refractivity contribution is 0.0667. The lowest BCUT2D eigenvalue weighted by Crippen LogP contribution is -2.41. The number of halogens is 2. The summed E-state index contributed by atoms with van der Waals surface area (Å²) in [5.41, 5.74) is 1.85. The maximum atomic E-state index is 12.7. The largest absolute Gasteiger partial charge is 0.390 e. The normalized spacial score (nSPS) is 19.7. The number of nitrogens with one attached hydrogen (secondary N) is 2. The summed E-state index contributed by atoms with van der Waals surface area (Å²) in [7, 11) is 0. The van der Waals surface area contributed by atoms with Crippen molar-refractivity contribution in [1.29, 1.82) is 0 Å². The highest BCUT2D eigenvalue weighted by atomic mass is 19.3. The highest BCUT2D eigenvalue weighted by Gasteiger charge is 2.31. The van der Waals surface area contributed by atoms with Crippen LogP contribution in [0.3, 0.4) is 0 Å². The molecular formula is C15H16F2N4O2. The molecule has 2 aromatic rings. The second kappa shape index (κ2) is 6.33. The molecule has 0 spiro atoms. The fraction of sp³-hybridized carbons (Fsp3) is 0.333. The molecule has 2 unspecified atom stereocenters. The van der Waals surface area contributed by atoms with Gasteiger partial charge in [-0.1, -0.05) is 24.3 Å². The minimum absolute atomic E-state index is 0.0579. The number of carbonyl (C=O) groups is 1. The third kappa shape index (κ3) is 3.16. The monoisotopic (exact) mass is 322 g/mol. The Balaban J connectivity index is 1.61. The van der Waals surface area contributed by atoms with Crippen molar-refractivity contribution < 1.29 is 18.7 Å². The van der Waals surface area contributed by atoms with Gasteiger partial charge in [0.1, 0.15) is 5.82 Å². The van der Waals surface area contributed by atoms with Crippen molar-refractivity contribution in [3.63, 3.8) is 0 Å². The van der Waals surface area contributed by atoms with Crippen LogP contribution < -0.4 is 10.6 Å². The van der Waals surface area contributed by atoms with Crippen molar-refractivity contribution in [3.05, 3.63) is 53.6 Å². The van der Waals surface area contributed by atoms with E-state index in [0.29, 0.717) is 11.0 Å². The van der Waals surface area contributed by atoms with Gasteiger partial charge in [0.15, 0.2) is 0 Å². The predicted octanol–water partition coefficient (Wildman–Crippen LogP) is 1.74. The number of nitrogens with zero attached hydrogens (tertiary/aromatic N) is 2. The Morgan fingerprint density at radius 2 is 2.22 bits per heavy atom. The summed E-state index contributed by atoms with van der Waals surface area (Å²) in [6.45, 7) is -2.84. The minimum Gasteiger partial charge on any atom is -0.390 e. The van der Waals surface area contributed by atoms with Gasteiger partial charge < -0.3 is 15.7 Å². The molecule has 1 aromatic heterocycles. The summed E-state index contributed by atoms with van der Waals surface area (Å²) in [4.78, 5) is 15.8. The number of fused-ring (bicyclic) bond motifs is 1. The van der Waals surface area contributed by atoms with Crippen molar-refractivity contribution in [2.75, 3.05) is 0 Å². The van der Waals surface area contributed by atoms with Crippen molar-refractivity contribution >= 4 is 6.03 Å². The number of imidazole rings is 1. The molecule has 1 aliphatic rings.